The summed E-state index contributed by atoms with van der Waals surface area (Å²) in [6.45, 7) is 6.69. The Morgan fingerprint density at radius 2 is 1.89 bits per heavy atom. The van der Waals surface area contributed by atoms with Crippen molar-refractivity contribution in [1.29, 1.82) is 0 Å². The molecule has 1 unspecified atom stereocenters. The molecule has 3 nitrogen and oxygen atoms in total. The topological polar surface area (TPSA) is 32.5 Å². The third kappa shape index (κ3) is 2.99. The first kappa shape index (κ1) is 13.1. The molecule has 0 aromatic heterocycles. The lowest BCUT2D eigenvalue weighted by atomic mass is 9.83. The zero-order chi connectivity index (χ0) is 13.1. The Kier molecular flexibility index (Phi) is 4.16. The van der Waals surface area contributed by atoms with Crippen molar-refractivity contribution in [3.63, 3.8) is 0 Å². The van der Waals surface area contributed by atoms with E-state index >= 15 is 0 Å². The quantitative estimate of drug-likeness (QED) is 0.870. The Balaban J connectivity index is 1.70. The molecule has 2 bridgehead atoms. The average Bonchev–Trinajstić information content (AvgIpc) is 2.49. The van der Waals surface area contributed by atoms with Gasteiger partial charge in [0.1, 0.15) is 0 Å². The van der Waals surface area contributed by atoms with Crippen LogP contribution < -0.4 is 5.73 Å². The molecular formula is C16H25N3. The van der Waals surface area contributed by atoms with Gasteiger partial charge in [0.2, 0.25) is 0 Å². The Morgan fingerprint density at radius 1 is 1.16 bits per heavy atom. The monoisotopic (exact) mass is 259 g/mol. The van der Waals surface area contributed by atoms with Gasteiger partial charge in [-0.05, 0) is 37.4 Å². The van der Waals surface area contributed by atoms with Gasteiger partial charge in [-0.15, -0.1) is 0 Å². The van der Waals surface area contributed by atoms with Crippen molar-refractivity contribution in [3.05, 3.63) is 35.9 Å². The van der Waals surface area contributed by atoms with Gasteiger partial charge < -0.3 is 10.6 Å². The van der Waals surface area contributed by atoms with E-state index < -0.39 is 0 Å². The molecule has 3 fully saturated rings. The third-order valence-electron chi connectivity index (χ3n) is 4.74. The lowest BCUT2D eigenvalue weighted by Gasteiger charge is -2.49. The second kappa shape index (κ2) is 6.04. The third-order valence-corrected chi connectivity index (χ3v) is 4.74. The summed E-state index contributed by atoms with van der Waals surface area (Å²) in [5.74, 6) is 0.889. The van der Waals surface area contributed by atoms with E-state index in [1.165, 1.54) is 38.0 Å². The van der Waals surface area contributed by atoms with Gasteiger partial charge in [0.05, 0.1) is 0 Å². The summed E-state index contributed by atoms with van der Waals surface area (Å²) in [5.41, 5.74) is 7.24. The Bertz CT molecular complexity index is 384. The van der Waals surface area contributed by atoms with E-state index in [4.69, 9.17) is 5.73 Å². The molecule has 0 saturated carbocycles. The fourth-order valence-electron chi connectivity index (χ4n) is 3.69. The fourth-order valence-corrected chi connectivity index (χ4v) is 3.69. The SMILES string of the molecule is NCCN(Cc1ccccc1)C1CN2CCC1CC2. The van der Waals surface area contributed by atoms with Crippen LogP contribution in [0.3, 0.4) is 0 Å². The molecule has 3 heteroatoms. The number of benzene rings is 1. The van der Waals surface area contributed by atoms with Gasteiger partial charge in [0, 0.05) is 32.2 Å². The molecule has 3 heterocycles. The van der Waals surface area contributed by atoms with Crippen molar-refractivity contribution in [1.82, 2.24) is 9.80 Å². The molecule has 0 spiro atoms. The number of nitrogens with zero attached hydrogens (tertiary/aromatic N) is 2. The van der Waals surface area contributed by atoms with Gasteiger partial charge in [-0.2, -0.15) is 0 Å². The predicted molar refractivity (Wildman–Crippen MR) is 78.9 cm³/mol. The fraction of sp³-hybridized carbons (Fsp3) is 0.625. The predicted octanol–water partition coefficient (Wildman–Crippen LogP) is 1.54. The Labute approximate surface area is 116 Å². The summed E-state index contributed by atoms with van der Waals surface area (Å²) in [6.07, 6.45) is 2.75. The zero-order valence-electron chi connectivity index (χ0n) is 11.7. The molecule has 0 amide bonds. The van der Waals surface area contributed by atoms with E-state index in [9.17, 15) is 0 Å². The molecule has 3 saturated heterocycles. The summed E-state index contributed by atoms with van der Waals surface area (Å²) in [5, 5.41) is 0. The minimum absolute atomic E-state index is 0.714. The van der Waals surface area contributed by atoms with E-state index in [0.717, 1.165) is 25.6 Å². The van der Waals surface area contributed by atoms with E-state index in [1.807, 2.05) is 0 Å². The maximum atomic E-state index is 5.83. The highest BCUT2D eigenvalue weighted by atomic mass is 15.3. The smallest absolute Gasteiger partial charge is 0.0256 e. The van der Waals surface area contributed by atoms with Crippen LogP contribution in [0.15, 0.2) is 30.3 Å². The number of rotatable bonds is 5. The summed E-state index contributed by atoms with van der Waals surface area (Å²) in [6, 6.07) is 11.5. The number of nitrogens with two attached hydrogens (primary N) is 1. The molecule has 2 N–H and O–H groups in total. The summed E-state index contributed by atoms with van der Waals surface area (Å²) < 4.78 is 0. The maximum absolute atomic E-state index is 5.83. The summed E-state index contributed by atoms with van der Waals surface area (Å²) in [4.78, 5) is 5.24. The highest BCUT2D eigenvalue weighted by Crippen LogP contribution is 2.31. The van der Waals surface area contributed by atoms with E-state index in [2.05, 4.69) is 40.1 Å². The molecule has 1 aromatic rings. The second-order valence-corrected chi connectivity index (χ2v) is 5.95. The standard InChI is InChI=1S/C16H25N3/c17-8-11-19(12-14-4-2-1-3-5-14)16-13-18-9-6-15(16)7-10-18/h1-5,15-16H,6-13,17H2. The lowest BCUT2D eigenvalue weighted by molar-refractivity contribution is 0.00276. The largest absolute Gasteiger partial charge is 0.329 e. The summed E-state index contributed by atoms with van der Waals surface area (Å²) >= 11 is 0. The van der Waals surface area contributed by atoms with Crippen LogP contribution in [0.25, 0.3) is 0 Å². The van der Waals surface area contributed by atoms with Gasteiger partial charge >= 0.3 is 0 Å². The summed E-state index contributed by atoms with van der Waals surface area (Å²) in [7, 11) is 0. The molecule has 3 aliphatic rings. The molecular weight excluding hydrogens is 234 g/mol. The van der Waals surface area contributed by atoms with Crippen LogP contribution in [0, 0.1) is 5.92 Å². The molecule has 0 radical (unpaired) electrons. The van der Waals surface area contributed by atoms with E-state index in [-0.39, 0.29) is 0 Å². The average molecular weight is 259 g/mol. The maximum Gasteiger partial charge on any atom is 0.0256 e. The highest BCUT2D eigenvalue weighted by molar-refractivity contribution is 5.15. The first-order valence-electron chi connectivity index (χ1n) is 7.57. The van der Waals surface area contributed by atoms with Crippen molar-refractivity contribution < 1.29 is 0 Å². The molecule has 0 aliphatic carbocycles. The van der Waals surface area contributed by atoms with E-state index in [0.29, 0.717) is 6.04 Å². The van der Waals surface area contributed by atoms with Gasteiger partial charge in [0.25, 0.3) is 0 Å². The van der Waals surface area contributed by atoms with Crippen LogP contribution >= 0.6 is 0 Å². The lowest BCUT2D eigenvalue weighted by Crippen LogP contribution is -2.57. The van der Waals surface area contributed by atoms with Gasteiger partial charge in [-0.1, -0.05) is 30.3 Å². The van der Waals surface area contributed by atoms with Crippen molar-refractivity contribution in [2.75, 3.05) is 32.7 Å². The van der Waals surface area contributed by atoms with Gasteiger partial charge in [-0.3, -0.25) is 4.90 Å². The van der Waals surface area contributed by atoms with Crippen LogP contribution in [0.5, 0.6) is 0 Å². The molecule has 1 aromatic carbocycles. The van der Waals surface area contributed by atoms with Crippen molar-refractivity contribution in [2.45, 2.75) is 25.4 Å². The molecule has 1 atom stereocenters. The van der Waals surface area contributed by atoms with Crippen molar-refractivity contribution in [3.8, 4) is 0 Å². The van der Waals surface area contributed by atoms with Crippen molar-refractivity contribution in [2.24, 2.45) is 11.7 Å². The molecule has 19 heavy (non-hydrogen) atoms. The minimum Gasteiger partial charge on any atom is -0.329 e. The van der Waals surface area contributed by atoms with Crippen molar-refractivity contribution >= 4 is 0 Å². The van der Waals surface area contributed by atoms with Crippen LogP contribution in [0.1, 0.15) is 18.4 Å². The highest BCUT2D eigenvalue weighted by Gasteiger charge is 2.37. The van der Waals surface area contributed by atoms with Gasteiger partial charge in [0.15, 0.2) is 0 Å². The van der Waals surface area contributed by atoms with Crippen LogP contribution in [-0.4, -0.2) is 48.6 Å². The first-order chi connectivity index (χ1) is 9.36. The normalized spacial score (nSPS) is 29.9. The molecule has 3 aliphatic heterocycles. The number of piperidine rings is 3. The zero-order valence-corrected chi connectivity index (χ0v) is 11.7. The van der Waals surface area contributed by atoms with Gasteiger partial charge in [-0.25, -0.2) is 0 Å². The van der Waals surface area contributed by atoms with Crippen LogP contribution in [-0.2, 0) is 6.54 Å². The Hall–Kier alpha value is -0.900. The first-order valence-corrected chi connectivity index (χ1v) is 7.57. The van der Waals surface area contributed by atoms with Crippen LogP contribution in [0.4, 0.5) is 0 Å². The second-order valence-electron chi connectivity index (χ2n) is 5.95. The van der Waals surface area contributed by atoms with E-state index in [1.54, 1.807) is 0 Å². The minimum atomic E-state index is 0.714. The molecule has 4 rings (SSSR count). The number of fused-ring (bicyclic) bond motifs is 3. The Morgan fingerprint density at radius 3 is 2.47 bits per heavy atom. The number of hydrogen-bond donors (Lipinski definition) is 1. The molecule has 104 valence electrons. The number of hydrogen-bond acceptors (Lipinski definition) is 3. The van der Waals surface area contributed by atoms with Crippen LogP contribution in [0.2, 0.25) is 0 Å².